The van der Waals surface area contributed by atoms with Gasteiger partial charge in [0.25, 0.3) is 0 Å². The third-order valence-electron chi connectivity index (χ3n) is 5.54. The predicted octanol–water partition coefficient (Wildman–Crippen LogP) is 2.13. The van der Waals surface area contributed by atoms with Gasteiger partial charge in [-0.1, -0.05) is 31.0 Å². The lowest BCUT2D eigenvalue weighted by molar-refractivity contribution is -0.138. The number of hydrogen-bond acceptors (Lipinski definition) is 3. The lowest BCUT2D eigenvalue weighted by atomic mass is 9.77. The summed E-state index contributed by atoms with van der Waals surface area (Å²) in [7, 11) is -3.23. The molecule has 0 N–H and O–H groups in total. The van der Waals surface area contributed by atoms with Crippen molar-refractivity contribution in [3.8, 4) is 0 Å². The van der Waals surface area contributed by atoms with Crippen molar-refractivity contribution in [3.05, 3.63) is 35.6 Å². The molecule has 0 unspecified atom stereocenters. The lowest BCUT2D eigenvalue weighted by Crippen LogP contribution is -2.55. The van der Waals surface area contributed by atoms with Gasteiger partial charge in [0.2, 0.25) is 15.9 Å². The van der Waals surface area contributed by atoms with Gasteiger partial charge in [0, 0.05) is 31.7 Å². The normalized spacial score (nSPS) is 21.4. The van der Waals surface area contributed by atoms with Gasteiger partial charge < -0.3 is 4.90 Å². The maximum atomic E-state index is 14.4. The second-order valence-corrected chi connectivity index (χ2v) is 9.12. The fourth-order valence-electron chi connectivity index (χ4n) is 4.08. The van der Waals surface area contributed by atoms with E-state index in [9.17, 15) is 17.6 Å². The van der Waals surface area contributed by atoms with Gasteiger partial charge in [0.05, 0.1) is 11.2 Å². The summed E-state index contributed by atoms with van der Waals surface area (Å²) < 4.78 is 39.8. The van der Waals surface area contributed by atoms with Crippen LogP contribution in [0.2, 0.25) is 0 Å². The largest absolute Gasteiger partial charge is 0.339 e. The van der Waals surface area contributed by atoms with Crippen molar-refractivity contribution >= 4 is 15.9 Å². The van der Waals surface area contributed by atoms with E-state index in [1.807, 2.05) is 0 Å². The summed E-state index contributed by atoms with van der Waals surface area (Å²) >= 11 is 0. The van der Waals surface area contributed by atoms with E-state index in [4.69, 9.17) is 0 Å². The molecule has 1 aromatic carbocycles. The van der Waals surface area contributed by atoms with Gasteiger partial charge in [0.15, 0.2) is 0 Å². The second kappa shape index (κ2) is 7.03. The van der Waals surface area contributed by atoms with E-state index in [1.54, 1.807) is 30.0 Å². The van der Waals surface area contributed by atoms with Crippen LogP contribution in [-0.4, -0.2) is 55.5 Å². The molecule has 1 aromatic rings. The zero-order valence-corrected chi connectivity index (χ0v) is 15.4. The zero-order valence-electron chi connectivity index (χ0n) is 14.6. The molecule has 1 saturated carbocycles. The summed E-state index contributed by atoms with van der Waals surface area (Å²) in [6, 6.07) is 6.54. The Bertz CT molecular complexity index is 736. The summed E-state index contributed by atoms with van der Waals surface area (Å²) in [5.74, 6) is -0.311. The molecular formula is C18H25FN2O3S. The Morgan fingerprint density at radius 2 is 1.72 bits per heavy atom. The highest BCUT2D eigenvalue weighted by Gasteiger charge is 2.47. The Hall–Kier alpha value is -1.47. The lowest BCUT2D eigenvalue weighted by Gasteiger charge is -2.39. The molecule has 0 atom stereocenters. The van der Waals surface area contributed by atoms with Crippen molar-refractivity contribution in [1.82, 2.24) is 9.21 Å². The van der Waals surface area contributed by atoms with Crippen LogP contribution in [-0.2, 0) is 20.2 Å². The smallest absolute Gasteiger partial charge is 0.233 e. The van der Waals surface area contributed by atoms with Crippen molar-refractivity contribution in [2.24, 2.45) is 0 Å². The van der Waals surface area contributed by atoms with E-state index >= 15 is 0 Å². The molecule has 3 rings (SSSR count). The average Bonchev–Trinajstić information content (AvgIpc) is 3.12. The van der Waals surface area contributed by atoms with Crippen LogP contribution in [0.4, 0.5) is 4.39 Å². The van der Waals surface area contributed by atoms with Crippen LogP contribution in [0.1, 0.15) is 38.2 Å². The predicted molar refractivity (Wildman–Crippen MR) is 94.2 cm³/mol. The van der Waals surface area contributed by atoms with Crippen LogP contribution >= 0.6 is 0 Å². The highest BCUT2D eigenvalue weighted by molar-refractivity contribution is 7.89. The highest BCUT2D eigenvalue weighted by Crippen LogP contribution is 2.43. The Morgan fingerprint density at radius 1 is 1.12 bits per heavy atom. The molecule has 1 saturated heterocycles. The van der Waals surface area contributed by atoms with Gasteiger partial charge in [-0.3, -0.25) is 4.79 Å². The molecule has 0 spiro atoms. The number of piperazine rings is 1. The van der Waals surface area contributed by atoms with Crippen molar-refractivity contribution in [2.75, 3.05) is 31.9 Å². The van der Waals surface area contributed by atoms with Crippen LogP contribution in [0.25, 0.3) is 0 Å². The van der Waals surface area contributed by atoms with Gasteiger partial charge >= 0.3 is 0 Å². The summed E-state index contributed by atoms with van der Waals surface area (Å²) in [4.78, 5) is 15.0. The van der Waals surface area contributed by atoms with E-state index in [2.05, 4.69) is 0 Å². The van der Waals surface area contributed by atoms with E-state index < -0.39 is 15.4 Å². The van der Waals surface area contributed by atoms with Gasteiger partial charge in [-0.05, 0) is 25.8 Å². The third kappa shape index (κ3) is 3.31. The topological polar surface area (TPSA) is 57.7 Å². The number of halogens is 1. The first-order chi connectivity index (χ1) is 11.9. The van der Waals surface area contributed by atoms with Gasteiger partial charge in [-0.25, -0.2) is 12.8 Å². The van der Waals surface area contributed by atoms with Crippen LogP contribution in [0, 0.1) is 5.82 Å². The summed E-state index contributed by atoms with van der Waals surface area (Å²) in [5, 5.41) is 0. The molecular weight excluding hydrogens is 343 g/mol. The molecule has 1 aliphatic heterocycles. The van der Waals surface area contributed by atoms with Crippen LogP contribution in [0.3, 0.4) is 0 Å². The number of benzene rings is 1. The van der Waals surface area contributed by atoms with Crippen molar-refractivity contribution in [3.63, 3.8) is 0 Å². The summed E-state index contributed by atoms with van der Waals surface area (Å²) in [6.07, 6.45) is 3.12. The Kier molecular flexibility index (Phi) is 5.16. The molecule has 0 bridgehead atoms. The van der Waals surface area contributed by atoms with E-state index in [0.29, 0.717) is 44.6 Å². The number of hydrogen-bond donors (Lipinski definition) is 0. The van der Waals surface area contributed by atoms with Gasteiger partial charge in [-0.15, -0.1) is 0 Å². The fraction of sp³-hybridized carbons (Fsp3) is 0.611. The second-order valence-electron chi connectivity index (χ2n) is 6.86. The standard InChI is InChI=1S/C18H25FN2O3S/c1-2-25(23,24)21-13-11-20(12-14-21)17(22)18(9-5-6-10-18)15-7-3-4-8-16(15)19/h3-4,7-8H,2,5-6,9-14H2,1H3. The van der Waals surface area contributed by atoms with Crippen LogP contribution in [0.5, 0.6) is 0 Å². The maximum absolute atomic E-state index is 14.4. The number of carbonyl (C=O) groups excluding carboxylic acids is 1. The van der Waals surface area contributed by atoms with Gasteiger partial charge in [0.1, 0.15) is 5.82 Å². The number of sulfonamides is 1. The molecule has 1 amide bonds. The Balaban J connectivity index is 1.81. The van der Waals surface area contributed by atoms with Crippen molar-refractivity contribution in [2.45, 2.75) is 38.0 Å². The first-order valence-corrected chi connectivity index (χ1v) is 10.5. The van der Waals surface area contributed by atoms with Crippen molar-refractivity contribution < 1.29 is 17.6 Å². The number of rotatable bonds is 4. The number of carbonyl (C=O) groups is 1. The van der Waals surface area contributed by atoms with Crippen LogP contribution < -0.4 is 0 Å². The average molecular weight is 368 g/mol. The van der Waals surface area contributed by atoms with Gasteiger partial charge in [-0.2, -0.15) is 4.31 Å². The molecule has 0 aromatic heterocycles. The first kappa shape index (κ1) is 18.3. The fourth-order valence-corrected chi connectivity index (χ4v) is 5.17. The summed E-state index contributed by atoms with van der Waals surface area (Å²) in [6.45, 7) is 2.99. The Morgan fingerprint density at radius 3 is 2.28 bits per heavy atom. The SMILES string of the molecule is CCS(=O)(=O)N1CCN(C(=O)C2(c3ccccc3F)CCCC2)CC1. The molecule has 0 radical (unpaired) electrons. The molecule has 1 aliphatic carbocycles. The third-order valence-corrected chi connectivity index (χ3v) is 7.42. The minimum absolute atomic E-state index is 0.0522. The molecule has 25 heavy (non-hydrogen) atoms. The molecule has 2 fully saturated rings. The molecule has 7 heteroatoms. The minimum atomic E-state index is -3.23. The highest BCUT2D eigenvalue weighted by atomic mass is 32.2. The van der Waals surface area contributed by atoms with E-state index in [1.165, 1.54) is 10.4 Å². The monoisotopic (exact) mass is 368 g/mol. The zero-order chi connectivity index (χ0) is 18.1. The Labute approximate surface area is 148 Å². The van der Waals surface area contributed by atoms with Crippen molar-refractivity contribution in [1.29, 1.82) is 0 Å². The number of amides is 1. The minimum Gasteiger partial charge on any atom is -0.339 e. The number of nitrogens with zero attached hydrogens (tertiary/aromatic N) is 2. The molecule has 138 valence electrons. The molecule has 5 nitrogen and oxygen atoms in total. The van der Waals surface area contributed by atoms with E-state index in [-0.39, 0.29) is 17.5 Å². The summed E-state index contributed by atoms with van der Waals surface area (Å²) in [5.41, 5.74) is -0.307. The maximum Gasteiger partial charge on any atom is 0.233 e. The van der Waals surface area contributed by atoms with E-state index in [0.717, 1.165) is 12.8 Å². The molecule has 2 aliphatic rings. The quantitative estimate of drug-likeness (QED) is 0.818. The first-order valence-electron chi connectivity index (χ1n) is 8.93. The molecule has 1 heterocycles. The van der Waals surface area contributed by atoms with Crippen LogP contribution in [0.15, 0.2) is 24.3 Å².